The molecule has 21 heavy (non-hydrogen) atoms. The Morgan fingerprint density at radius 2 is 1.76 bits per heavy atom. The highest BCUT2D eigenvalue weighted by Gasteiger charge is 2.11. The van der Waals surface area contributed by atoms with Crippen molar-refractivity contribution in [1.82, 2.24) is 9.97 Å². The highest BCUT2D eigenvalue weighted by molar-refractivity contribution is 5.44. The third kappa shape index (κ3) is 3.59. The standard InChI is InChI=1S/C15H18FN3O2/c1-4-19(15-17-8-12(16)9-18-15)10-11-5-6-13(20-2)14(7-11)21-3/h5-9H,4,10H2,1-3H3. The Hall–Kier alpha value is -2.37. The molecular weight excluding hydrogens is 273 g/mol. The molecule has 0 radical (unpaired) electrons. The number of methoxy groups -OCH3 is 2. The summed E-state index contributed by atoms with van der Waals surface area (Å²) < 4.78 is 23.4. The van der Waals surface area contributed by atoms with Crippen molar-refractivity contribution in [3.05, 3.63) is 42.0 Å². The van der Waals surface area contributed by atoms with Gasteiger partial charge in [-0.05, 0) is 24.6 Å². The number of nitrogens with zero attached hydrogens (tertiary/aromatic N) is 3. The van der Waals surface area contributed by atoms with Gasteiger partial charge in [-0.25, -0.2) is 14.4 Å². The predicted molar refractivity (Wildman–Crippen MR) is 78.3 cm³/mol. The molecule has 2 aromatic rings. The average Bonchev–Trinajstić information content (AvgIpc) is 2.53. The summed E-state index contributed by atoms with van der Waals surface area (Å²) in [5, 5.41) is 0. The molecule has 112 valence electrons. The van der Waals surface area contributed by atoms with Gasteiger partial charge in [-0.2, -0.15) is 0 Å². The summed E-state index contributed by atoms with van der Waals surface area (Å²) in [5.74, 6) is 1.41. The molecule has 0 saturated carbocycles. The second-order valence-electron chi connectivity index (χ2n) is 4.40. The molecule has 0 aliphatic rings. The lowest BCUT2D eigenvalue weighted by atomic mass is 10.2. The normalized spacial score (nSPS) is 10.3. The summed E-state index contributed by atoms with van der Waals surface area (Å²) in [5.41, 5.74) is 1.03. The molecule has 0 N–H and O–H groups in total. The van der Waals surface area contributed by atoms with Crippen LogP contribution in [0.5, 0.6) is 11.5 Å². The van der Waals surface area contributed by atoms with E-state index < -0.39 is 5.82 Å². The van der Waals surface area contributed by atoms with Crippen molar-refractivity contribution in [2.45, 2.75) is 13.5 Å². The number of aromatic nitrogens is 2. The quantitative estimate of drug-likeness (QED) is 0.819. The Morgan fingerprint density at radius 3 is 2.33 bits per heavy atom. The van der Waals surface area contributed by atoms with Crippen LogP contribution in [0.15, 0.2) is 30.6 Å². The Labute approximate surface area is 123 Å². The monoisotopic (exact) mass is 291 g/mol. The molecule has 0 spiro atoms. The summed E-state index contributed by atoms with van der Waals surface area (Å²) in [4.78, 5) is 9.96. The number of ether oxygens (including phenoxy) is 2. The van der Waals surface area contributed by atoms with Gasteiger partial charge in [0, 0.05) is 13.1 Å². The summed E-state index contributed by atoms with van der Waals surface area (Å²) in [7, 11) is 3.20. The fraction of sp³-hybridized carbons (Fsp3) is 0.333. The second kappa shape index (κ2) is 6.88. The summed E-state index contributed by atoms with van der Waals surface area (Å²) >= 11 is 0. The van der Waals surface area contributed by atoms with Gasteiger partial charge in [0.2, 0.25) is 5.95 Å². The van der Waals surface area contributed by atoms with Gasteiger partial charge in [0.05, 0.1) is 26.6 Å². The summed E-state index contributed by atoms with van der Waals surface area (Å²) in [6.45, 7) is 3.30. The van der Waals surface area contributed by atoms with Crippen molar-refractivity contribution in [3.8, 4) is 11.5 Å². The zero-order chi connectivity index (χ0) is 15.2. The Kier molecular flexibility index (Phi) is 4.92. The lowest BCUT2D eigenvalue weighted by Gasteiger charge is -2.21. The molecule has 0 aliphatic carbocycles. The lowest BCUT2D eigenvalue weighted by molar-refractivity contribution is 0.354. The summed E-state index contributed by atoms with van der Waals surface area (Å²) in [6.07, 6.45) is 2.33. The third-order valence-electron chi connectivity index (χ3n) is 3.09. The molecule has 0 aliphatic heterocycles. The Morgan fingerprint density at radius 1 is 1.10 bits per heavy atom. The molecule has 1 heterocycles. The van der Waals surface area contributed by atoms with E-state index in [0.29, 0.717) is 30.5 Å². The van der Waals surface area contributed by atoms with Crippen molar-refractivity contribution < 1.29 is 13.9 Å². The van der Waals surface area contributed by atoms with Gasteiger partial charge in [-0.15, -0.1) is 0 Å². The topological polar surface area (TPSA) is 47.5 Å². The van der Waals surface area contributed by atoms with E-state index in [1.54, 1.807) is 14.2 Å². The van der Waals surface area contributed by atoms with Crippen LogP contribution in [0.4, 0.5) is 10.3 Å². The molecule has 1 aromatic heterocycles. The van der Waals surface area contributed by atoms with Crippen molar-refractivity contribution >= 4 is 5.95 Å². The molecule has 0 unspecified atom stereocenters. The maximum atomic E-state index is 12.9. The molecule has 0 amide bonds. The van der Waals surface area contributed by atoms with E-state index in [1.165, 1.54) is 12.4 Å². The number of halogens is 1. The van der Waals surface area contributed by atoms with Crippen LogP contribution in [0.1, 0.15) is 12.5 Å². The molecular formula is C15H18FN3O2. The van der Waals surface area contributed by atoms with E-state index in [9.17, 15) is 4.39 Å². The first kappa shape index (κ1) is 15.0. The molecule has 0 saturated heterocycles. The number of hydrogen-bond donors (Lipinski definition) is 0. The first-order chi connectivity index (χ1) is 10.2. The number of rotatable bonds is 6. The third-order valence-corrected chi connectivity index (χ3v) is 3.09. The van der Waals surface area contributed by atoms with E-state index in [2.05, 4.69) is 9.97 Å². The maximum Gasteiger partial charge on any atom is 0.225 e. The second-order valence-corrected chi connectivity index (χ2v) is 4.40. The lowest BCUT2D eigenvalue weighted by Crippen LogP contribution is -2.24. The number of benzene rings is 1. The fourth-order valence-electron chi connectivity index (χ4n) is 1.99. The van der Waals surface area contributed by atoms with Crippen LogP contribution in [0.2, 0.25) is 0 Å². The van der Waals surface area contributed by atoms with E-state index in [1.807, 2.05) is 30.0 Å². The zero-order valence-electron chi connectivity index (χ0n) is 12.3. The van der Waals surface area contributed by atoms with Crippen molar-refractivity contribution in [2.75, 3.05) is 25.7 Å². The van der Waals surface area contributed by atoms with Crippen LogP contribution in [0.3, 0.4) is 0 Å². The van der Waals surface area contributed by atoms with Gasteiger partial charge < -0.3 is 14.4 Å². The summed E-state index contributed by atoms with van der Waals surface area (Å²) in [6, 6.07) is 5.71. The van der Waals surface area contributed by atoms with E-state index in [4.69, 9.17) is 9.47 Å². The van der Waals surface area contributed by atoms with Gasteiger partial charge in [0.1, 0.15) is 0 Å². The van der Waals surface area contributed by atoms with Crippen LogP contribution in [0, 0.1) is 5.82 Å². The largest absolute Gasteiger partial charge is 0.493 e. The van der Waals surface area contributed by atoms with Crippen molar-refractivity contribution in [2.24, 2.45) is 0 Å². The number of hydrogen-bond acceptors (Lipinski definition) is 5. The first-order valence-corrected chi connectivity index (χ1v) is 6.61. The first-order valence-electron chi connectivity index (χ1n) is 6.61. The van der Waals surface area contributed by atoms with Crippen molar-refractivity contribution in [1.29, 1.82) is 0 Å². The van der Waals surface area contributed by atoms with Crippen molar-refractivity contribution in [3.63, 3.8) is 0 Å². The van der Waals surface area contributed by atoms with Crippen LogP contribution in [-0.4, -0.2) is 30.7 Å². The minimum absolute atomic E-state index is 0.444. The van der Waals surface area contributed by atoms with Crippen LogP contribution >= 0.6 is 0 Å². The highest BCUT2D eigenvalue weighted by Crippen LogP contribution is 2.28. The SMILES string of the molecule is CCN(Cc1ccc(OC)c(OC)c1)c1ncc(F)cn1. The maximum absolute atomic E-state index is 12.9. The van der Waals surface area contributed by atoms with Gasteiger partial charge >= 0.3 is 0 Å². The Balaban J connectivity index is 2.20. The molecule has 0 bridgehead atoms. The van der Waals surface area contributed by atoms with Gasteiger partial charge in [0.25, 0.3) is 0 Å². The van der Waals surface area contributed by atoms with Gasteiger partial charge in [0.15, 0.2) is 17.3 Å². The van der Waals surface area contributed by atoms with Crippen LogP contribution in [-0.2, 0) is 6.54 Å². The Bertz CT molecular complexity index is 590. The van der Waals surface area contributed by atoms with Gasteiger partial charge in [-0.1, -0.05) is 6.07 Å². The zero-order valence-corrected chi connectivity index (χ0v) is 12.3. The molecule has 2 rings (SSSR count). The van der Waals surface area contributed by atoms with Crippen LogP contribution in [0.25, 0.3) is 0 Å². The van der Waals surface area contributed by atoms with Gasteiger partial charge in [-0.3, -0.25) is 0 Å². The molecule has 1 aromatic carbocycles. The van der Waals surface area contributed by atoms with E-state index in [-0.39, 0.29) is 0 Å². The molecule has 6 heteroatoms. The van der Waals surface area contributed by atoms with E-state index >= 15 is 0 Å². The minimum Gasteiger partial charge on any atom is -0.493 e. The minimum atomic E-state index is -0.444. The highest BCUT2D eigenvalue weighted by atomic mass is 19.1. The fourth-order valence-corrected chi connectivity index (χ4v) is 1.99. The molecule has 0 fully saturated rings. The number of anilines is 1. The average molecular weight is 291 g/mol. The van der Waals surface area contributed by atoms with Crippen LogP contribution < -0.4 is 14.4 Å². The predicted octanol–water partition coefficient (Wildman–Crippen LogP) is 2.66. The smallest absolute Gasteiger partial charge is 0.225 e. The van der Waals surface area contributed by atoms with E-state index in [0.717, 1.165) is 5.56 Å². The molecule has 0 atom stereocenters. The molecule has 5 nitrogen and oxygen atoms in total.